The Balaban J connectivity index is 0.686. The number of aromatic nitrogens is 3. The highest BCUT2D eigenvalue weighted by Crippen LogP contribution is 2.44. The summed E-state index contributed by atoms with van der Waals surface area (Å²) < 4.78 is 6.11. The van der Waals surface area contributed by atoms with Crippen molar-refractivity contribution >= 4 is 58.5 Å². The zero-order valence-electron chi connectivity index (χ0n) is 36.8. The van der Waals surface area contributed by atoms with Crippen LogP contribution in [0.1, 0.15) is 93.0 Å². The maximum absolute atomic E-state index is 14.0. The molecule has 1 unspecified atom stereocenters. The van der Waals surface area contributed by atoms with Crippen molar-refractivity contribution in [2.24, 2.45) is 5.41 Å². The average molecular weight is 909 g/mol. The lowest BCUT2D eigenvalue weighted by Gasteiger charge is -2.38. The summed E-state index contributed by atoms with van der Waals surface area (Å²) in [5, 5.41) is 6.04. The van der Waals surface area contributed by atoms with Crippen molar-refractivity contribution in [1.82, 2.24) is 30.1 Å². The molecule has 1 atom stereocenters. The largest absolute Gasteiger partial charge is 0.493 e. The van der Waals surface area contributed by atoms with Gasteiger partial charge in [0, 0.05) is 49.2 Å². The second-order valence-electron chi connectivity index (χ2n) is 17.7. The van der Waals surface area contributed by atoms with E-state index in [0.717, 1.165) is 67.2 Å². The molecule has 3 fully saturated rings. The van der Waals surface area contributed by atoms with Gasteiger partial charge in [-0.05, 0) is 73.9 Å². The molecule has 1 spiro atoms. The fourth-order valence-electron chi connectivity index (χ4n) is 9.71. The fraction of sp³-hybridized carbons (Fsp3) is 0.373. The Bertz CT molecular complexity index is 2640. The van der Waals surface area contributed by atoms with Crippen LogP contribution in [0.2, 0.25) is 5.02 Å². The van der Waals surface area contributed by atoms with E-state index in [-0.39, 0.29) is 36.6 Å². The number of hydrogen-bond donors (Lipinski definition) is 2. The second-order valence-corrected chi connectivity index (χ2v) is 18.1. The van der Waals surface area contributed by atoms with Gasteiger partial charge in [-0.2, -0.15) is 0 Å². The number of nitrogens with one attached hydrogen (secondary N) is 2. The highest BCUT2D eigenvalue weighted by molar-refractivity contribution is 6.33. The minimum atomic E-state index is -0.657. The third-order valence-electron chi connectivity index (χ3n) is 13.4. The molecule has 0 bridgehead atoms. The Morgan fingerprint density at radius 1 is 0.818 bits per heavy atom. The molecule has 3 saturated heterocycles. The summed E-state index contributed by atoms with van der Waals surface area (Å²) in [5.74, 6) is 0.315. The number of unbranched alkanes of at least 4 members (excludes halogenated alkanes) is 5. The highest BCUT2D eigenvalue weighted by atomic mass is 35.5. The van der Waals surface area contributed by atoms with Crippen molar-refractivity contribution in [2.45, 2.75) is 89.6 Å². The van der Waals surface area contributed by atoms with Gasteiger partial charge in [0.1, 0.15) is 11.8 Å². The molecular weight excluding hydrogens is 856 g/mol. The molecule has 15 heteroatoms. The van der Waals surface area contributed by atoms with Gasteiger partial charge < -0.3 is 24.8 Å². The topological polar surface area (TPSA) is 167 Å². The number of imide groups is 1. The van der Waals surface area contributed by atoms with Crippen LogP contribution in [0, 0.1) is 5.41 Å². The molecule has 14 nitrogen and oxygen atoms in total. The molecule has 2 aromatic heterocycles. The number of benzene rings is 3. The van der Waals surface area contributed by atoms with E-state index in [4.69, 9.17) is 21.3 Å². The molecule has 4 aliphatic heterocycles. The molecule has 0 aliphatic carbocycles. The number of ether oxygens (including phenoxy) is 1. The van der Waals surface area contributed by atoms with Crippen LogP contribution in [0.15, 0.2) is 97.5 Å². The first-order valence-electron chi connectivity index (χ1n) is 23.1. The number of pyridine rings is 1. The summed E-state index contributed by atoms with van der Waals surface area (Å²) in [7, 11) is 0. The number of hydrogen-bond acceptors (Lipinski definition) is 10. The van der Waals surface area contributed by atoms with Gasteiger partial charge in [0.15, 0.2) is 0 Å². The Morgan fingerprint density at radius 2 is 1.56 bits per heavy atom. The van der Waals surface area contributed by atoms with Crippen molar-refractivity contribution < 1.29 is 28.7 Å². The molecule has 6 heterocycles. The molecule has 5 aromatic rings. The zero-order chi connectivity index (χ0) is 45.6. The van der Waals surface area contributed by atoms with E-state index < -0.39 is 17.4 Å². The minimum Gasteiger partial charge on any atom is -0.493 e. The van der Waals surface area contributed by atoms with Gasteiger partial charge in [-0.3, -0.25) is 34.3 Å². The SMILES string of the molecule is O=C1CCC(N2Cc3c(OCCCCCCCCC(=O)N4CCC5(CC4)CCN(c4cncc(Nc6ncc(Cl)c(-c7cccc(-c8ccccc8)c7)n6)c4)C5=O)cccc3C2=O)C(=O)N1. The summed E-state index contributed by atoms with van der Waals surface area (Å²) in [5.41, 5.74) is 5.81. The lowest BCUT2D eigenvalue weighted by Crippen LogP contribution is -2.52. The van der Waals surface area contributed by atoms with E-state index >= 15 is 0 Å². The van der Waals surface area contributed by atoms with Crippen LogP contribution in [-0.4, -0.2) is 86.6 Å². The zero-order valence-corrected chi connectivity index (χ0v) is 37.6. The highest BCUT2D eigenvalue weighted by Gasteiger charge is 2.49. The number of anilines is 3. The van der Waals surface area contributed by atoms with Gasteiger partial charge in [0.2, 0.25) is 29.6 Å². The molecule has 9 rings (SSSR count). The van der Waals surface area contributed by atoms with E-state index in [1.54, 1.807) is 30.7 Å². The first-order chi connectivity index (χ1) is 32.2. The molecule has 3 aromatic carbocycles. The Morgan fingerprint density at radius 3 is 2.38 bits per heavy atom. The van der Waals surface area contributed by atoms with Crippen LogP contribution >= 0.6 is 11.6 Å². The maximum Gasteiger partial charge on any atom is 0.255 e. The summed E-state index contributed by atoms with van der Waals surface area (Å²) >= 11 is 6.60. The second kappa shape index (κ2) is 19.8. The standard InChI is InChI=1S/C51H53ClN8O6/c52-41-32-54-50(57-46(41)36-15-10-14-35(28-36)34-12-6-5-7-13-34)55-37-29-38(31-53-30-37)59-26-23-51(49(59)65)21-24-58(25-22-51)45(62)18-8-3-1-2-4-9-27-66-43-17-11-16-39-40(43)33-60(48(39)64)42-19-20-44(61)56-47(42)63/h5-7,10-17,28-32,42H,1-4,8-9,18-27,33H2,(H,54,55,57)(H,56,61,63). The van der Waals surface area contributed by atoms with Crippen molar-refractivity contribution in [3.63, 3.8) is 0 Å². The minimum absolute atomic E-state index is 0.0847. The molecule has 340 valence electrons. The predicted octanol–water partition coefficient (Wildman–Crippen LogP) is 8.52. The van der Waals surface area contributed by atoms with E-state index in [1.807, 2.05) is 52.3 Å². The summed E-state index contributed by atoms with van der Waals surface area (Å²) in [6.07, 6.45) is 13.8. The molecular formula is C51H53ClN8O6. The maximum atomic E-state index is 14.0. The van der Waals surface area contributed by atoms with Crippen LogP contribution in [0.25, 0.3) is 22.4 Å². The Hall–Kier alpha value is -6.67. The van der Waals surface area contributed by atoms with E-state index in [9.17, 15) is 24.0 Å². The summed E-state index contributed by atoms with van der Waals surface area (Å²) in [6, 6.07) is 24.8. The number of piperidine rings is 2. The fourth-order valence-corrected chi connectivity index (χ4v) is 9.91. The molecule has 0 saturated carbocycles. The van der Waals surface area contributed by atoms with Gasteiger partial charge in [-0.1, -0.05) is 91.9 Å². The lowest BCUT2D eigenvalue weighted by atomic mass is 9.77. The number of fused-ring (bicyclic) bond motifs is 1. The number of rotatable bonds is 16. The average Bonchev–Trinajstić information content (AvgIpc) is 3.84. The lowest BCUT2D eigenvalue weighted by molar-refractivity contribution is -0.137. The van der Waals surface area contributed by atoms with Gasteiger partial charge >= 0.3 is 0 Å². The molecule has 0 radical (unpaired) electrons. The number of carbonyl (C=O) groups is 5. The van der Waals surface area contributed by atoms with Crippen molar-refractivity contribution in [3.05, 3.63) is 114 Å². The monoisotopic (exact) mass is 908 g/mol. The normalized spacial score (nSPS) is 17.9. The predicted molar refractivity (Wildman–Crippen MR) is 251 cm³/mol. The van der Waals surface area contributed by atoms with Crippen LogP contribution < -0.4 is 20.3 Å². The van der Waals surface area contributed by atoms with Gasteiger partial charge in [-0.15, -0.1) is 0 Å². The number of likely N-dealkylation sites (tertiary alicyclic amines) is 1. The smallest absolute Gasteiger partial charge is 0.255 e. The first kappa shape index (κ1) is 44.5. The van der Waals surface area contributed by atoms with Crippen LogP contribution in [0.5, 0.6) is 5.75 Å². The Kier molecular flexibility index (Phi) is 13.4. The van der Waals surface area contributed by atoms with Crippen LogP contribution in [-0.2, 0) is 25.7 Å². The Labute approximate surface area is 389 Å². The number of amides is 5. The molecule has 2 N–H and O–H groups in total. The van der Waals surface area contributed by atoms with Crippen molar-refractivity contribution in [1.29, 1.82) is 0 Å². The van der Waals surface area contributed by atoms with Crippen molar-refractivity contribution in [3.8, 4) is 28.1 Å². The third kappa shape index (κ3) is 9.65. The van der Waals surface area contributed by atoms with E-state index in [2.05, 4.69) is 44.9 Å². The van der Waals surface area contributed by atoms with Gasteiger partial charge in [0.05, 0.1) is 59.2 Å². The third-order valence-corrected chi connectivity index (χ3v) is 13.7. The van der Waals surface area contributed by atoms with E-state index in [0.29, 0.717) is 91.3 Å². The van der Waals surface area contributed by atoms with Crippen LogP contribution in [0.3, 0.4) is 0 Å². The number of halogens is 1. The molecule has 4 aliphatic rings. The first-order valence-corrected chi connectivity index (χ1v) is 23.4. The van der Waals surface area contributed by atoms with Gasteiger partial charge in [-0.25, -0.2) is 9.97 Å². The number of carbonyl (C=O) groups excluding carboxylic acids is 5. The molecule has 66 heavy (non-hydrogen) atoms. The quantitative estimate of drug-likeness (QED) is 0.0724. The summed E-state index contributed by atoms with van der Waals surface area (Å²) in [4.78, 5) is 83.3. The number of nitrogens with zero attached hydrogens (tertiary/aromatic N) is 6. The van der Waals surface area contributed by atoms with E-state index in [1.165, 1.54) is 4.90 Å². The summed E-state index contributed by atoms with van der Waals surface area (Å²) in [6.45, 7) is 2.55. The molecule has 5 amide bonds. The van der Waals surface area contributed by atoms with Gasteiger partial charge in [0.25, 0.3) is 5.91 Å². The van der Waals surface area contributed by atoms with Crippen molar-refractivity contribution in [2.75, 3.05) is 36.5 Å². The van der Waals surface area contributed by atoms with Crippen LogP contribution in [0.4, 0.5) is 17.3 Å².